The highest BCUT2D eigenvalue weighted by molar-refractivity contribution is 7.99. The molecule has 1 heterocycles. The fraction of sp³-hybridized carbons (Fsp3) is 0.143. The largest absolute Gasteiger partial charge is 0.324 e. The molecule has 1 N–H and O–H groups in total. The molecule has 0 saturated heterocycles. The third kappa shape index (κ3) is 5.08. The molecule has 3 nitrogen and oxygen atoms in total. The molecule has 1 aromatic heterocycles. The van der Waals surface area contributed by atoms with E-state index in [-0.39, 0.29) is 5.91 Å². The van der Waals surface area contributed by atoms with Crippen LogP contribution in [0.15, 0.2) is 36.7 Å². The summed E-state index contributed by atoms with van der Waals surface area (Å²) in [5, 5.41) is 3.77. The summed E-state index contributed by atoms with van der Waals surface area (Å²) >= 11 is 19.2. The van der Waals surface area contributed by atoms with Gasteiger partial charge in [-0.2, -0.15) is 0 Å². The van der Waals surface area contributed by atoms with Gasteiger partial charge in [-0.3, -0.25) is 9.78 Å². The lowest BCUT2D eigenvalue weighted by Crippen LogP contribution is -2.14. The fourth-order valence-electron chi connectivity index (χ4n) is 1.55. The second-order valence-corrected chi connectivity index (χ2v) is 6.36. The van der Waals surface area contributed by atoms with Gasteiger partial charge in [0.15, 0.2) is 0 Å². The first-order chi connectivity index (χ1) is 10.1. The third-order valence-electron chi connectivity index (χ3n) is 2.51. The van der Waals surface area contributed by atoms with Gasteiger partial charge in [-0.1, -0.05) is 40.9 Å². The summed E-state index contributed by atoms with van der Waals surface area (Å²) < 4.78 is 0. The maximum absolute atomic E-state index is 11.9. The first-order valence-corrected chi connectivity index (χ1v) is 8.26. The van der Waals surface area contributed by atoms with E-state index in [1.807, 2.05) is 12.1 Å². The molecule has 21 heavy (non-hydrogen) atoms. The number of amides is 1. The molecule has 0 spiro atoms. The molecule has 2 rings (SSSR count). The second-order valence-electron chi connectivity index (χ2n) is 4.15. The quantitative estimate of drug-likeness (QED) is 0.769. The zero-order chi connectivity index (χ0) is 15.2. The average Bonchev–Trinajstić information content (AvgIpc) is 2.46. The molecule has 0 fully saturated rings. The van der Waals surface area contributed by atoms with Crippen LogP contribution in [0, 0.1) is 0 Å². The van der Waals surface area contributed by atoms with Gasteiger partial charge >= 0.3 is 0 Å². The molecule has 7 heteroatoms. The van der Waals surface area contributed by atoms with Crippen molar-refractivity contribution in [1.29, 1.82) is 0 Å². The first-order valence-electron chi connectivity index (χ1n) is 5.97. The van der Waals surface area contributed by atoms with Gasteiger partial charge in [0.25, 0.3) is 0 Å². The van der Waals surface area contributed by atoms with E-state index >= 15 is 0 Å². The van der Waals surface area contributed by atoms with Gasteiger partial charge in [0.1, 0.15) is 0 Å². The van der Waals surface area contributed by atoms with E-state index in [2.05, 4.69) is 10.3 Å². The lowest BCUT2D eigenvalue weighted by atomic mass is 10.3. The Kier molecular flexibility index (Phi) is 6.18. The van der Waals surface area contributed by atoms with Crippen molar-refractivity contribution in [3.05, 3.63) is 57.3 Å². The first kappa shape index (κ1) is 16.4. The Hall–Kier alpha value is -0.940. The Morgan fingerprint density at radius 3 is 2.67 bits per heavy atom. The van der Waals surface area contributed by atoms with Gasteiger partial charge in [-0.05, 0) is 23.8 Å². The zero-order valence-corrected chi connectivity index (χ0v) is 13.9. The fourth-order valence-corrected chi connectivity index (χ4v) is 2.91. The van der Waals surface area contributed by atoms with E-state index in [4.69, 9.17) is 34.8 Å². The summed E-state index contributed by atoms with van der Waals surface area (Å²) in [6, 6.07) is 6.87. The number of pyridine rings is 1. The molecular weight excluding hydrogens is 351 g/mol. The third-order valence-corrected chi connectivity index (χ3v) is 4.55. The molecule has 110 valence electrons. The average molecular weight is 362 g/mol. The summed E-state index contributed by atoms with van der Waals surface area (Å²) in [7, 11) is 0. The topological polar surface area (TPSA) is 42.0 Å². The van der Waals surface area contributed by atoms with E-state index in [9.17, 15) is 4.79 Å². The predicted octanol–water partition coefficient (Wildman–Crippen LogP) is 4.91. The molecule has 0 atom stereocenters. The summed E-state index contributed by atoms with van der Waals surface area (Å²) in [5.41, 5.74) is 1.53. The number of carbonyl (C=O) groups excluding carboxylic acids is 1. The minimum atomic E-state index is -0.149. The number of aromatic nitrogens is 1. The molecule has 1 aromatic carbocycles. The van der Waals surface area contributed by atoms with E-state index in [0.29, 0.717) is 26.5 Å². The summed E-state index contributed by atoms with van der Waals surface area (Å²) in [6.45, 7) is 0. The number of rotatable bonds is 5. The van der Waals surface area contributed by atoms with Crippen LogP contribution in [-0.2, 0) is 10.5 Å². The lowest BCUT2D eigenvalue weighted by molar-refractivity contribution is -0.113. The van der Waals surface area contributed by atoms with Crippen molar-refractivity contribution in [3.63, 3.8) is 0 Å². The Balaban J connectivity index is 1.86. The second kappa shape index (κ2) is 7.90. The highest BCUT2D eigenvalue weighted by Crippen LogP contribution is 2.32. The number of anilines is 1. The van der Waals surface area contributed by atoms with E-state index < -0.39 is 0 Å². The van der Waals surface area contributed by atoms with Crippen LogP contribution < -0.4 is 5.32 Å². The van der Waals surface area contributed by atoms with Gasteiger partial charge in [0, 0.05) is 18.1 Å². The van der Waals surface area contributed by atoms with Crippen molar-refractivity contribution in [2.24, 2.45) is 0 Å². The Labute approximate surface area is 142 Å². The van der Waals surface area contributed by atoms with Gasteiger partial charge in [-0.25, -0.2) is 0 Å². The lowest BCUT2D eigenvalue weighted by Gasteiger charge is -2.08. The maximum atomic E-state index is 11.9. The highest BCUT2D eigenvalue weighted by Gasteiger charge is 2.09. The van der Waals surface area contributed by atoms with Crippen LogP contribution in [0.1, 0.15) is 5.56 Å². The van der Waals surface area contributed by atoms with Crippen molar-refractivity contribution in [2.75, 3.05) is 11.1 Å². The number of benzene rings is 1. The molecule has 0 aliphatic heterocycles. The van der Waals surface area contributed by atoms with Crippen molar-refractivity contribution in [2.45, 2.75) is 5.75 Å². The smallest absolute Gasteiger partial charge is 0.234 e. The molecule has 2 aromatic rings. The van der Waals surface area contributed by atoms with Gasteiger partial charge in [-0.15, -0.1) is 11.8 Å². The monoisotopic (exact) mass is 360 g/mol. The van der Waals surface area contributed by atoms with Crippen molar-refractivity contribution in [1.82, 2.24) is 4.98 Å². The van der Waals surface area contributed by atoms with Gasteiger partial charge in [0.2, 0.25) is 5.91 Å². The zero-order valence-electron chi connectivity index (χ0n) is 10.8. The van der Waals surface area contributed by atoms with E-state index in [0.717, 1.165) is 11.3 Å². The summed E-state index contributed by atoms with van der Waals surface area (Å²) in [4.78, 5) is 15.9. The minimum Gasteiger partial charge on any atom is -0.324 e. The molecule has 0 unspecified atom stereocenters. The number of hydrogen-bond donors (Lipinski definition) is 1. The number of carbonyl (C=O) groups is 1. The van der Waals surface area contributed by atoms with Crippen molar-refractivity contribution < 1.29 is 4.79 Å². The van der Waals surface area contributed by atoms with Crippen LogP contribution in [0.5, 0.6) is 0 Å². The summed E-state index contributed by atoms with van der Waals surface area (Å²) in [5.74, 6) is 0.881. The van der Waals surface area contributed by atoms with Crippen LogP contribution in [0.3, 0.4) is 0 Å². The molecule has 0 saturated carbocycles. The highest BCUT2D eigenvalue weighted by atomic mass is 35.5. The number of nitrogens with zero attached hydrogens (tertiary/aromatic N) is 1. The Morgan fingerprint density at radius 2 is 1.95 bits per heavy atom. The van der Waals surface area contributed by atoms with E-state index in [1.54, 1.807) is 12.4 Å². The maximum Gasteiger partial charge on any atom is 0.234 e. The van der Waals surface area contributed by atoms with Crippen LogP contribution in [0.4, 0.5) is 5.69 Å². The van der Waals surface area contributed by atoms with Crippen molar-refractivity contribution >= 4 is 58.2 Å². The van der Waals surface area contributed by atoms with E-state index in [1.165, 1.54) is 23.9 Å². The molecule has 0 radical (unpaired) electrons. The Morgan fingerprint density at radius 1 is 1.19 bits per heavy atom. The Bertz CT molecular complexity index is 638. The number of hydrogen-bond acceptors (Lipinski definition) is 3. The SMILES string of the molecule is O=C(CSCc1cccnc1)Nc1cc(Cl)c(Cl)cc1Cl. The molecular formula is C14H11Cl3N2OS. The van der Waals surface area contributed by atoms with Gasteiger partial charge in [0.05, 0.1) is 26.5 Å². The predicted molar refractivity (Wildman–Crippen MR) is 90.5 cm³/mol. The summed E-state index contributed by atoms with van der Waals surface area (Å²) in [6.07, 6.45) is 3.49. The molecule has 0 aliphatic rings. The van der Waals surface area contributed by atoms with Crippen LogP contribution in [0.2, 0.25) is 15.1 Å². The van der Waals surface area contributed by atoms with Gasteiger partial charge < -0.3 is 5.32 Å². The molecule has 0 bridgehead atoms. The number of nitrogens with one attached hydrogen (secondary N) is 1. The molecule has 0 aliphatic carbocycles. The number of thioether (sulfide) groups is 1. The standard InChI is InChI=1S/C14H11Cl3N2OS/c15-10-4-12(17)13(5-11(10)16)19-14(20)8-21-7-9-2-1-3-18-6-9/h1-6H,7-8H2,(H,19,20). The molecule has 1 amide bonds. The normalized spacial score (nSPS) is 10.4. The van der Waals surface area contributed by atoms with Crippen LogP contribution in [-0.4, -0.2) is 16.6 Å². The van der Waals surface area contributed by atoms with Crippen molar-refractivity contribution in [3.8, 4) is 0 Å². The van der Waals surface area contributed by atoms with Crippen LogP contribution >= 0.6 is 46.6 Å². The minimum absolute atomic E-state index is 0.149. The van der Waals surface area contributed by atoms with Crippen LogP contribution in [0.25, 0.3) is 0 Å². The number of halogens is 3.